The standard InChI is InChI=1S/C8H14O2.In.3H/c1-8(7(9)10)5-3-2-4-6-8;;;;/h2-6H2,1H3,(H,9,10);;;;. The van der Waals surface area contributed by atoms with Gasteiger partial charge in [-0.1, -0.05) is 19.3 Å². The molecule has 0 radical (unpaired) electrons. The molecule has 1 N–H and O–H groups in total. The quantitative estimate of drug-likeness (QED) is 0.759. The van der Waals surface area contributed by atoms with Crippen LogP contribution in [0.2, 0.25) is 0 Å². The van der Waals surface area contributed by atoms with Gasteiger partial charge in [-0.15, -0.1) is 0 Å². The second kappa shape index (κ2) is 4.39. The van der Waals surface area contributed by atoms with E-state index < -0.39 is 11.4 Å². The van der Waals surface area contributed by atoms with Gasteiger partial charge in [0.1, 0.15) is 0 Å². The van der Waals surface area contributed by atoms with E-state index >= 15 is 0 Å². The van der Waals surface area contributed by atoms with Crippen molar-refractivity contribution in [2.75, 3.05) is 0 Å². The van der Waals surface area contributed by atoms with Crippen LogP contribution in [0.4, 0.5) is 0 Å². The van der Waals surface area contributed by atoms with Crippen LogP contribution < -0.4 is 0 Å². The third-order valence-electron chi connectivity index (χ3n) is 2.47. The van der Waals surface area contributed by atoms with Crippen LogP contribution in [0.3, 0.4) is 0 Å². The van der Waals surface area contributed by atoms with E-state index in [0.29, 0.717) is 0 Å². The molecule has 0 amide bonds. The average Bonchev–Trinajstić information content (AvgIpc) is 1.89. The van der Waals surface area contributed by atoms with E-state index in [9.17, 15) is 4.79 Å². The summed E-state index contributed by atoms with van der Waals surface area (Å²) in [5, 5.41) is 8.80. The minimum absolute atomic E-state index is 0. The van der Waals surface area contributed by atoms with Crippen molar-refractivity contribution in [1.29, 1.82) is 0 Å². The number of carboxylic acid groups (broad SMARTS) is 1. The topological polar surface area (TPSA) is 37.3 Å². The zero-order valence-electron chi connectivity index (χ0n) is 6.39. The van der Waals surface area contributed by atoms with Gasteiger partial charge in [-0.05, 0) is 19.8 Å². The summed E-state index contributed by atoms with van der Waals surface area (Å²) in [5.74, 6) is -0.618. The van der Waals surface area contributed by atoms with Gasteiger partial charge >= 0.3 is 31.8 Å². The van der Waals surface area contributed by atoms with Crippen LogP contribution in [0.5, 0.6) is 0 Å². The van der Waals surface area contributed by atoms with E-state index in [2.05, 4.69) is 0 Å². The zero-order valence-corrected chi connectivity index (χ0v) is 6.39. The molecule has 0 heterocycles. The van der Waals surface area contributed by atoms with Gasteiger partial charge < -0.3 is 5.11 Å². The van der Waals surface area contributed by atoms with Crippen LogP contribution in [0.15, 0.2) is 0 Å². The van der Waals surface area contributed by atoms with Gasteiger partial charge in [0.2, 0.25) is 0 Å². The van der Waals surface area contributed by atoms with E-state index in [0.717, 1.165) is 25.7 Å². The number of carbonyl (C=O) groups is 1. The van der Waals surface area contributed by atoms with Crippen LogP contribution in [0.1, 0.15) is 39.0 Å². The second-order valence-corrected chi connectivity index (χ2v) is 3.43. The van der Waals surface area contributed by atoms with Crippen LogP contribution in [-0.4, -0.2) is 36.9 Å². The van der Waals surface area contributed by atoms with Gasteiger partial charge in [0.05, 0.1) is 5.41 Å². The summed E-state index contributed by atoms with van der Waals surface area (Å²) in [6, 6.07) is 0. The molecule has 0 unspecified atom stereocenters. The molecule has 1 aliphatic rings. The molecule has 1 saturated carbocycles. The molecule has 64 valence electrons. The molecule has 3 heteroatoms. The van der Waals surface area contributed by atoms with Crippen molar-refractivity contribution < 1.29 is 9.90 Å². The summed E-state index contributed by atoms with van der Waals surface area (Å²) in [6.45, 7) is 1.86. The molecular weight excluding hydrogens is 243 g/mol. The molecule has 0 bridgehead atoms. The number of carboxylic acids is 1. The molecule has 0 aromatic rings. The SMILES string of the molecule is CC1(C(=O)O)CCCCC1.[InH3]. The molecule has 11 heavy (non-hydrogen) atoms. The summed E-state index contributed by atoms with van der Waals surface area (Å²) in [6.07, 6.45) is 5.11. The van der Waals surface area contributed by atoms with Crippen LogP contribution in [0.25, 0.3) is 0 Å². The van der Waals surface area contributed by atoms with Crippen molar-refractivity contribution in [1.82, 2.24) is 0 Å². The summed E-state index contributed by atoms with van der Waals surface area (Å²) in [7, 11) is 0. The van der Waals surface area contributed by atoms with Gasteiger partial charge in [-0.2, -0.15) is 0 Å². The number of rotatable bonds is 1. The predicted octanol–water partition coefficient (Wildman–Crippen LogP) is 0.857. The fraction of sp³-hybridized carbons (Fsp3) is 0.875. The van der Waals surface area contributed by atoms with Gasteiger partial charge in [-0.3, -0.25) is 4.79 Å². The Labute approximate surface area is 86.2 Å². The third kappa shape index (κ3) is 2.69. The Balaban J connectivity index is 0.000001000. The molecule has 2 nitrogen and oxygen atoms in total. The summed E-state index contributed by atoms with van der Waals surface area (Å²) in [4.78, 5) is 10.7. The van der Waals surface area contributed by atoms with E-state index in [1.165, 1.54) is 6.42 Å². The van der Waals surface area contributed by atoms with E-state index in [1.54, 1.807) is 0 Å². The Hall–Kier alpha value is 0.340. The Morgan fingerprint density at radius 3 is 2.00 bits per heavy atom. The van der Waals surface area contributed by atoms with Crippen molar-refractivity contribution >= 4 is 31.8 Å². The monoisotopic (exact) mass is 260 g/mol. The predicted molar refractivity (Wildman–Crippen MR) is 48.8 cm³/mol. The molecule has 1 aliphatic carbocycles. The minimum atomic E-state index is -0.618. The number of hydrogen-bond donors (Lipinski definition) is 1. The molecular formula is C8H17InO2. The van der Waals surface area contributed by atoms with Crippen molar-refractivity contribution in [2.24, 2.45) is 5.41 Å². The van der Waals surface area contributed by atoms with Gasteiger partial charge in [-0.25, -0.2) is 0 Å². The van der Waals surface area contributed by atoms with Gasteiger partial charge in [0.15, 0.2) is 0 Å². The Kier molecular flexibility index (Phi) is 4.52. The second-order valence-electron chi connectivity index (χ2n) is 3.43. The average molecular weight is 260 g/mol. The van der Waals surface area contributed by atoms with Crippen LogP contribution in [-0.2, 0) is 4.79 Å². The summed E-state index contributed by atoms with van der Waals surface area (Å²) >= 11 is 0. The van der Waals surface area contributed by atoms with Crippen molar-refractivity contribution in [3.8, 4) is 0 Å². The van der Waals surface area contributed by atoms with Crippen LogP contribution >= 0.6 is 0 Å². The van der Waals surface area contributed by atoms with Gasteiger partial charge in [0, 0.05) is 0 Å². The fourth-order valence-electron chi connectivity index (χ4n) is 1.55. The molecule has 1 fully saturated rings. The summed E-state index contributed by atoms with van der Waals surface area (Å²) < 4.78 is 0. The fourth-order valence-corrected chi connectivity index (χ4v) is 1.55. The molecule has 0 spiro atoms. The first-order valence-electron chi connectivity index (χ1n) is 3.88. The van der Waals surface area contributed by atoms with Crippen molar-refractivity contribution in [3.05, 3.63) is 0 Å². The Bertz CT molecular complexity index is 139. The zero-order chi connectivity index (χ0) is 7.61. The normalized spacial score (nSPS) is 21.9. The summed E-state index contributed by atoms with van der Waals surface area (Å²) in [5.41, 5.74) is -0.405. The van der Waals surface area contributed by atoms with Crippen LogP contribution in [0, 0.1) is 5.41 Å². The van der Waals surface area contributed by atoms with E-state index in [-0.39, 0.29) is 25.8 Å². The van der Waals surface area contributed by atoms with E-state index in [4.69, 9.17) is 5.11 Å². The first-order chi connectivity index (χ1) is 4.65. The van der Waals surface area contributed by atoms with Crippen molar-refractivity contribution in [2.45, 2.75) is 39.0 Å². The molecule has 0 aliphatic heterocycles. The molecule has 0 aromatic carbocycles. The van der Waals surface area contributed by atoms with Gasteiger partial charge in [0.25, 0.3) is 0 Å². The third-order valence-corrected chi connectivity index (χ3v) is 2.47. The first-order valence-corrected chi connectivity index (χ1v) is 3.88. The van der Waals surface area contributed by atoms with E-state index in [1.807, 2.05) is 6.92 Å². The Morgan fingerprint density at radius 1 is 1.27 bits per heavy atom. The number of aliphatic carboxylic acids is 1. The van der Waals surface area contributed by atoms with Crippen molar-refractivity contribution in [3.63, 3.8) is 0 Å². The molecule has 0 aromatic heterocycles. The number of hydrogen-bond acceptors (Lipinski definition) is 1. The molecule has 0 saturated heterocycles. The maximum absolute atomic E-state index is 10.7. The molecule has 0 atom stereocenters. The maximum atomic E-state index is 10.7. The molecule has 1 rings (SSSR count). The Morgan fingerprint density at radius 2 is 1.73 bits per heavy atom. The first kappa shape index (κ1) is 11.3.